The predicted molar refractivity (Wildman–Crippen MR) is 101 cm³/mol. The molecule has 5 heteroatoms. The van der Waals surface area contributed by atoms with Crippen molar-refractivity contribution in [2.45, 2.75) is 38.3 Å². The van der Waals surface area contributed by atoms with Gasteiger partial charge in [0.2, 0.25) is 12.1 Å². The minimum absolute atomic E-state index is 0.0455. The maximum atomic E-state index is 12.7. The van der Waals surface area contributed by atoms with Gasteiger partial charge in [0.1, 0.15) is 0 Å². The van der Waals surface area contributed by atoms with Crippen molar-refractivity contribution in [2.75, 3.05) is 4.90 Å². The number of rotatable bonds is 5. The molecule has 1 heterocycles. The molecule has 1 aliphatic heterocycles. The van der Waals surface area contributed by atoms with Crippen LogP contribution in [0.5, 0.6) is 0 Å². The summed E-state index contributed by atoms with van der Waals surface area (Å²) in [5.74, 6) is -0.291. The fourth-order valence-electron chi connectivity index (χ4n) is 3.02. The van der Waals surface area contributed by atoms with E-state index in [2.05, 4.69) is 19.6 Å². The maximum Gasteiger partial charge on any atom is 0.305 e. The van der Waals surface area contributed by atoms with Crippen molar-refractivity contribution in [3.05, 3.63) is 65.7 Å². The van der Waals surface area contributed by atoms with Gasteiger partial charge in [0, 0.05) is 11.6 Å². The third-order valence-electron chi connectivity index (χ3n) is 4.10. The monoisotopic (exact) mass is 353 g/mol. The second-order valence-corrected chi connectivity index (χ2v) is 13.0. The largest absolute Gasteiger partial charge is 0.437 e. The van der Waals surface area contributed by atoms with Gasteiger partial charge in [0.25, 0.3) is 0 Å². The van der Waals surface area contributed by atoms with Crippen LogP contribution in [0.2, 0.25) is 25.7 Å². The van der Waals surface area contributed by atoms with Crippen LogP contribution in [0.25, 0.3) is 0 Å². The molecule has 1 amide bonds. The van der Waals surface area contributed by atoms with Gasteiger partial charge < -0.3 is 4.74 Å². The Kier molecular flexibility index (Phi) is 4.77. The molecule has 25 heavy (non-hydrogen) atoms. The topological polar surface area (TPSA) is 46.6 Å². The lowest BCUT2D eigenvalue weighted by molar-refractivity contribution is -0.147. The van der Waals surface area contributed by atoms with Crippen molar-refractivity contribution in [1.29, 1.82) is 0 Å². The number of esters is 1. The van der Waals surface area contributed by atoms with Gasteiger partial charge in [-0.1, -0.05) is 68.2 Å². The van der Waals surface area contributed by atoms with E-state index in [0.717, 1.165) is 16.8 Å². The number of hydrogen-bond donors (Lipinski definition) is 0. The normalized spacial score (nSPS) is 15.0. The van der Waals surface area contributed by atoms with E-state index in [1.807, 2.05) is 54.6 Å². The molecule has 0 aromatic heterocycles. The minimum atomic E-state index is -1.59. The number of hydrogen-bond acceptors (Lipinski definition) is 3. The van der Waals surface area contributed by atoms with Gasteiger partial charge in [-0.25, -0.2) is 0 Å². The average Bonchev–Trinajstić information content (AvgIpc) is 2.87. The van der Waals surface area contributed by atoms with Gasteiger partial charge >= 0.3 is 5.97 Å². The molecule has 2 aromatic rings. The Morgan fingerprint density at radius 3 is 2.40 bits per heavy atom. The number of ether oxygens (including phenoxy) is 1. The first-order chi connectivity index (χ1) is 11.8. The van der Waals surface area contributed by atoms with E-state index < -0.39 is 14.3 Å². The minimum Gasteiger partial charge on any atom is -0.437 e. The van der Waals surface area contributed by atoms with Crippen LogP contribution in [0.15, 0.2) is 54.6 Å². The van der Waals surface area contributed by atoms with Crippen molar-refractivity contribution in [1.82, 2.24) is 0 Å². The van der Waals surface area contributed by atoms with E-state index in [0.29, 0.717) is 12.5 Å². The molecule has 0 aliphatic carbocycles. The number of benzene rings is 2. The van der Waals surface area contributed by atoms with E-state index in [-0.39, 0.29) is 11.9 Å². The molecule has 4 nitrogen and oxygen atoms in total. The Labute approximate surface area is 149 Å². The Hall–Kier alpha value is -2.40. The predicted octanol–water partition coefficient (Wildman–Crippen LogP) is 4.16. The average molecular weight is 353 g/mol. The van der Waals surface area contributed by atoms with E-state index in [1.54, 1.807) is 4.90 Å². The Balaban J connectivity index is 1.95. The van der Waals surface area contributed by atoms with Crippen LogP contribution < -0.4 is 4.90 Å². The number of carbonyl (C=O) groups excluding carboxylic acids is 2. The third kappa shape index (κ3) is 3.99. The van der Waals surface area contributed by atoms with Crippen LogP contribution in [0.3, 0.4) is 0 Å². The van der Waals surface area contributed by atoms with Crippen LogP contribution in [0, 0.1) is 0 Å². The van der Waals surface area contributed by atoms with Gasteiger partial charge in [-0.3, -0.25) is 14.5 Å². The second kappa shape index (κ2) is 6.84. The highest BCUT2D eigenvalue weighted by Gasteiger charge is 2.36. The number of amides is 1. The van der Waals surface area contributed by atoms with Gasteiger partial charge in [0.05, 0.1) is 20.2 Å². The molecule has 0 saturated heterocycles. The molecule has 130 valence electrons. The number of para-hydroxylation sites is 1. The molecule has 3 rings (SSSR count). The molecule has 1 unspecified atom stereocenters. The molecule has 0 N–H and O–H groups in total. The van der Waals surface area contributed by atoms with E-state index in [4.69, 9.17) is 4.74 Å². The molecule has 0 fully saturated rings. The fourth-order valence-corrected chi connectivity index (χ4v) is 3.97. The van der Waals surface area contributed by atoms with Crippen molar-refractivity contribution >= 4 is 25.6 Å². The first kappa shape index (κ1) is 17.4. The lowest BCUT2D eigenvalue weighted by Crippen LogP contribution is -2.36. The zero-order chi connectivity index (χ0) is 18.0. The summed E-state index contributed by atoms with van der Waals surface area (Å²) in [7, 11) is -1.59. The SMILES string of the molecule is C[Si](C)(C)CC(=O)OC(c1ccccc1)N1C(=O)Cc2ccccc21. The van der Waals surface area contributed by atoms with Crippen LogP contribution >= 0.6 is 0 Å². The highest BCUT2D eigenvalue weighted by molar-refractivity contribution is 6.78. The molecule has 1 atom stereocenters. The van der Waals surface area contributed by atoms with E-state index >= 15 is 0 Å². The van der Waals surface area contributed by atoms with Gasteiger partial charge in [0.15, 0.2) is 0 Å². The Bertz CT molecular complexity index is 783. The molecule has 1 aliphatic rings. The van der Waals surface area contributed by atoms with Crippen molar-refractivity contribution < 1.29 is 14.3 Å². The summed E-state index contributed by atoms with van der Waals surface area (Å²) < 4.78 is 5.82. The lowest BCUT2D eigenvalue weighted by Gasteiger charge is -2.29. The lowest BCUT2D eigenvalue weighted by atomic mass is 10.1. The van der Waals surface area contributed by atoms with Crippen molar-refractivity contribution in [3.8, 4) is 0 Å². The molecule has 0 radical (unpaired) electrons. The van der Waals surface area contributed by atoms with E-state index in [1.165, 1.54) is 0 Å². The van der Waals surface area contributed by atoms with Crippen LogP contribution in [-0.2, 0) is 20.7 Å². The summed E-state index contributed by atoms with van der Waals surface area (Å²) in [4.78, 5) is 26.8. The molecule has 0 spiro atoms. The third-order valence-corrected chi connectivity index (χ3v) is 5.45. The molecule has 0 saturated carbocycles. The van der Waals surface area contributed by atoms with Crippen LogP contribution in [-0.4, -0.2) is 20.0 Å². The van der Waals surface area contributed by atoms with Crippen LogP contribution in [0.4, 0.5) is 5.69 Å². The quantitative estimate of drug-likeness (QED) is 0.599. The highest BCUT2D eigenvalue weighted by atomic mass is 28.3. The summed E-state index contributed by atoms with van der Waals surface area (Å²) in [5, 5.41) is 0. The fraction of sp³-hybridized carbons (Fsp3) is 0.300. The number of fused-ring (bicyclic) bond motifs is 1. The highest BCUT2D eigenvalue weighted by Crippen LogP contribution is 2.36. The molecule has 0 bridgehead atoms. The summed E-state index contributed by atoms with van der Waals surface area (Å²) in [6.07, 6.45) is -0.383. The molecular weight excluding hydrogens is 330 g/mol. The second-order valence-electron chi connectivity index (χ2n) is 7.56. The number of carbonyl (C=O) groups is 2. The summed E-state index contributed by atoms with van der Waals surface area (Å²) >= 11 is 0. The van der Waals surface area contributed by atoms with E-state index in [9.17, 15) is 9.59 Å². The van der Waals surface area contributed by atoms with Gasteiger partial charge in [-0.15, -0.1) is 0 Å². The van der Waals surface area contributed by atoms with Crippen molar-refractivity contribution in [2.24, 2.45) is 0 Å². The van der Waals surface area contributed by atoms with Gasteiger partial charge in [-0.05, 0) is 11.6 Å². The van der Waals surface area contributed by atoms with Crippen LogP contribution in [0.1, 0.15) is 17.4 Å². The number of anilines is 1. The summed E-state index contributed by atoms with van der Waals surface area (Å²) in [5.41, 5.74) is 2.59. The smallest absolute Gasteiger partial charge is 0.305 e. The zero-order valence-electron chi connectivity index (χ0n) is 14.9. The standard InChI is InChI=1S/C20H23NO3Si/c1-25(2,3)14-19(23)24-20(15-9-5-4-6-10-15)21-17-12-8-7-11-16(17)13-18(21)22/h4-12,20H,13-14H2,1-3H3. The number of nitrogens with zero attached hydrogens (tertiary/aromatic N) is 1. The zero-order valence-corrected chi connectivity index (χ0v) is 15.9. The summed E-state index contributed by atoms with van der Waals surface area (Å²) in [6, 6.07) is 17.6. The first-order valence-corrected chi connectivity index (χ1v) is 12.2. The summed E-state index contributed by atoms with van der Waals surface area (Å²) in [6.45, 7) is 6.38. The first-order valence-electron chi connectivity index (χ1n) is 8.49. The Morgan fingerprint density at radius 2 is 1.72 bits per heavy atom. The Morgan fingerprint density at radius 1 is 1.08 bits per heavy atom. The maximum absolute atomic E-state index is 12.7. The van der Waals surface area contributed by atoms with Crippen molar-refractivity contribution in [3.63, 3.8) is 0 Å². The van der Waals surface area contributed by atoms with Gasteiger partial charge in [-0.2, -0.15) is 0 Å². The molecular formula is C20H23NO3Si. The molecule has 2 aromatic carbocycles.